The summed E-state index contributed by atoms with van der Waals surface area (Å²) in [7, 11) is 1.59. The predicted molar refractivity (Wildman–Crippen MR) is 237 cm³/mol. The van der Waals surface area contributed by atoms with Crippen LogP contribution >= 0.6 is 24.7 Å². The number of aromatic nitrogens is 1. The van der Waals surface area contributed by atoms with Crippen molar-refractivity contribution < 1.29 is 33.1 Å². The number of carbonyl (C=O) groups is 3. The molecule has 7 N–H and O–H groups in total. The summed E-state index contributed by atoms with van der Waals surface area (Å²) in [6.07, 6.45) is 2.66. The van der Waals surface area contributed by atoms with Crippen molar-refractivity contribution in [3.8, 4) is 17.2 Å². The zero-order valence-corrected chi connectivity index (χ0v) is 34.8. The molecule has 0 bridgehead atoms. The number of phenols is 1. The molecule has 0 radical (unpaired) electrons. The van der Waals surface area contributed by atoms with Gasteiger partial charge in [0.05, 0.1) is 23.9 Å². The van der Waals surface area contributed by atoms with Gasteiger partial charge in [-0.15, -0.1) is 0 Å². The van der Waals surface area contributed by atoms with Crippen LogP contribution in [0.4, 0.5) is 22.7 Å². The Labute approximate surface area is 357 Å². The second kappa shape index (κ2) is 18.8. The molecule has 1 aliphatic heterocycles. The number of rotatable bonds is 16. The monoisotopic (exact) mass is 844 g/mol. The number of phenolic OH excluding ortho intramolecular Hbond substituents is 1. The molecule has 7 rings (SSSR count). The molecule has 3 amide bonds. The highest BCUT2D eigenvalue weighted by Gasteiger charge is 2.27. The Morgan fingerprint density at radius 1 is 1.02 bits per heavy atom. The third-order valence-electron chi connectivity index (χ3n) is 10.0. The van der Waals surface area contributed by atoms with Gasteiger partial charge in [0.2, 0.25) is 0 Å². The number of carbonyl (C=O) groups excluding carboxylic acids is 3. The van der Waals surface area contributed by atoms with Crippen LogP contribution in [0.25, 0.3) is 10.9 Å². The van der Waals surface area contributed by atoms with Gasteiger partial charge in [-0.25, -0.2) is 0 Å². The number of aryl methyl sites for hydroxylation is 3. The highest BCUT2D eigenvalue weighted by Crippen LogP contribution is 2.43. The number of nitrogens with two attached hydrogens (primary N) is 1. The lowest BCUT2D eigenvalue weighted by Gasteiger charge is -2.25. The zero-order chi connectivity index (χ0) is 42.3. The van der Waals surface area contributed by atoms with Crippen LogP contribution in [0.2, 0.25) is 0 Å². The Bertz CT molecular complexity index is 2610. The minimum Gasteiger partial charge on any atom is -0.506 e. The summed E-state index contributed by atoms with van der Waals surface area (Å²) >= 11 is 5.56. The molecule has 15 heteroatoms. The number of amides is 3. The second-order valence-electron chi connectivity index (χ2n) is 14.3. The minimum atomic E-state index is -0.603. The van der Waals surface area contributed by atoms with Gasteiger partial charge in [0.25, 0.3) is 17.7 Å². The van der Waals surface area contributed by atoms with Crippen LogP contribution in [-0.4, -0.2) is 54.6 Å². The smallest absolute Gasteiger partial charge is 0.262 e. The van der Waals surface area contributed by atoms with Gasteiger partial charge in [-0.2, -0.15) is 0 Å². The van der Waals surface area contributed by atoms with Gasteiger partial charge in [-0.05, 0) is 123 Å². The van der Waals surface area contributed by atoms with Crippen molar-refractivity contribution in [3.05, 3.63) is 131 Å². The normalized spacial score (nSPS) is 12.6. The minimum absolute atomic E-state index is 0.0817. The van der Waals surface area contributed by atoms with Crippen LogP contribution in [-0.2, 0) is 15.4 Å². The van der Waals surface area contributed by atoms with E-state index in [1.807, 2.05) is 80.6 Å². The first-order valence-electron chi connectivity index (χ1n) is 19.1. The maximum absolute atomic E-state index is 13.5. The highest BCUT2D eigenvalue weighted by atomic mass is 32.2. The first-order chi connectivity index (χ1) is 29.0. The number of thiol groups is 1. The summed E-state index contributed by atoms with van der Waals surface area (Å²) in [5, 5.41) is 23.4. The van der Waals surface area contributed by atoms with Gasteiger partial charge >= 0.3 is 0 Å². The number of fused-ring (bicyclic) bond motifs is 2. The number of pyridine rings is 1. The molecule has 0 unspecified atom stereocenters. The zero-order valence-electron chi connectivity index (χ0n) is 33.1. The molecule has 0 spiro atoms. The average molecular weight is 845 g/mol. The van der Waals surface area contributed by atoms with Crippen molar-refractivity contribution in [3.63, 3.8) is 0 Å². The molecule has 0 fully saturated rings. The van der Waals surface area contributed by atoms with E-state index < -0.39 is 12.0 Å². The Morgan fingerprint density at radius 3 is 2.63 bits per heavy atom. The number of benzene rings is 5. The fourth-order valence-electron chi connectivity index (χ4n) is 7.01. The predicted octanol–water partition coefficient (Wildman–Crippen LogP) is 8.27. The van der Waals surface area contributed by atoms with Crippen LogP contribution in [0.3, 0.4) is 0 Å². The van der Waals surface area contributed by atoms with Gasteiger partial charge in [0.15, 0.2) is 12.4 Å². The van der Waals surface area contributed by atoms with E-state index in [1.54, 1.807) is 19.2 Å². The van der Waals surface area contributed by atoms with Gasteiger partial charge in [-0.3, -0.25) is 19.4 Å². The number of methoxy groups -OCH3 is 1. The van der Waals surface area contributed by atoms with E-state index >= 15 is 0 Å². The number of nitrogens with zero attached hydrogens (tertiary/aromatic N) is 1. The van der Waals surface area contributed by atoms with Crippen molar-refractivity contribution in [2.45, 2.75) is 42.6 Å². The third kappa shape index (κ3) is 9.61. The molecule has 13 nitrogen and oxygen atoms in total. The van der Waals surface area contributed by atoms with E-state index in [1.165, 1.54) is 24.0 Å². The van der Waals surface area contributed by atoms with Crippen molar-refractivity contribution in [2.24, 2.45) is 5.73 Å². The maximum atomic E-state index is 13.5. The van der Waals surface area contributed by atoms with Crippen molar-refractivity contribution in [2.75, 3.05) is 42.8 Å². The Hall–Kier alpha value is -6.26. The molecule has 60 heavy (non-hydrogen) atoms. The summed E-state index contributed by atoms with van der Waals surface area (Å²) in [6, 6.07) is 28.1. The number of anilines is 4. The topological polar surface area (TPSA) is 186 Å². The SMILES string of the molecule is COc1cccc(Nc2c(C(N)=O)cnc3c(C)cc(Sc4cccc(C(=O)Nc5ccc(CCCNC[C@H](OS)c6ccc(O)c7c6OCC(=O)N7)cc5C)c4)cc23)c1. The number of nitrogens with one attached hydrogen (secondary N) is 4. The highest BCUT2D eigenvalue weighted by molar-refractivity contribution is 7.99. The Morgan fingerprint density at radius 2 is 1.85 bits per heavy atom. The van der Waals surface area contributed by atoms with Gasteiger partial charge in [0.1, 0.15) is 23.3 Å². The fourth-order valence-corrected chi connectivity index (χ4v) is 8.22. The van der Waals surface area contributed by atoms with E-state index in [9.17, 15) is 19.5 Å². The van der Waals surface area contributed by atoms with Crippen LogP contribution in [0.5, 0.6) is 17.2 Å². The molecular weight excluding hydrogens is 801 g/mol. The largest absolute Gasteiger partial charge is 0.506 e. The molecule has 0 aliphatic carbocycles. The molecule has 1 atom stereocenters. The first-order valence-corrected chi connectivity index (χ1v) is 20.3. The lowest BCUT2D eigenvalue weighted by atomic mass is 10.0. The summed E-state index contributed by atoms with van der Waals surface area (Å²) in [4.78, 5) is 44.2. The van der Waals surface area contributed by atoms with Crippen LogP contribution in [0, 0.1) is 13.8 Å². The Balaban J connectivity index is 0.971. The fraction of sp³-hybridized carbons (Fsp3) is 0.200. The van der Waals surface area contributed by atoms with E-state index in [2.05, 4.69) is 45.2 Å². The number of aromatic hydroxyl groups is 1. The average Bonchev–Trinajstić information content (AvgIpc) is 3.24. The molecule has 0 saturated carbocycles. The van der Waals surface area contributed by atoms with Crippen molar-refractivity contribution >= 4 is 76.0 Å². The van der Waals surface area contributed by atoms with Gasteiger partial charge < -0.3 is 45.8 Å². The molecule has 0 saturated heterocycles. The molecule has 308 valence electrons. The third-order valence-corrected chi connectivity index (χ3v) is 11.2. The van der Waals surface area contributed by atoms with Crippen LogP contribution < -0.4 is 36.5 Å². The van der Waals surface area contributed by atoms with Crippen LogP contribution in [0.15, 0.2) is 107 Å². The maximum Gasteiger partial charge on any atom is 0.262 e. The number of hydrogen-bond donors (Lipinski definition) is 7. The summed E-state index contributed by atoms with van der Waals surface area (Å²) < 4.78 is 16.4. The first kappa shape index (κ1) is 41.9. The second-order valence-corrected chi connectivity index (χ2v) is 15.6. The van der Waals surface area contributed by atoms with E-state index in [-0.39, 0.29) is 35.4 Å². The summed E-state index contributed by atoms with van der Waals surface area (Å²) in [6.45, 7) is 4.92. The van der Waals surface area contributed by atoms with Gasteiger partial charge in [0, 0.05) is 56.5 Å². The van der Waals surface area contributed by atoms with Gasteiger partial charge in [-0.1, -0.05) is 36.0 Å². The van der Waals surface area contributed by atoms with Crippen LogP contribution in [0.1, 0.15) is 55.5 Å². The molecule has 2 heterocycles. The summed E-state index contributed by atoms with van der Waals surface area (Å²) in [5.41, 5.74) is 13.2. The lowest BCUT2D eigenvalue weighted by Crippen LogP contribution is -2.28. The number of hydrogen-bond acceptors (Lipinski definition) is 12. The molecule has 6 aromatic rings. The molecule has 1 aliphatic rings. The summed E-state index contributed by atoms with van der Waals surface area (Å²) in [5.74, 6) is -0.216. The van der Waals surface area contributed by atoms with Crippen molar-refractivity contribution in [1.29, 1.82) is 0 Å². The number of ether oxygens (including phenoxy) is 2. The molecule has 5 aromatic carbocycles. The Kier molecular flexibility index (Phi) is 13.1. The van der Waals surface area contributed by atoms with E-state index in [4.69, 9.17) is 19.4 Å². The number of primary amides is 1. The quantitative estimate of drug-likeness (QED) is 0.0215. The van der Waals surface area contributed by atoms with E-state index in [0.717, 1.165) is 61.6 Å². The lowest BCUT2D eigenvalue weighted by molar-refractivity contribution is -0.118. The standard InChI is InChI=1S/C45H44N6O7S2/c1-25-17-27(7-6-16-47-23-38(58-59)33-13-15-37(52)42-43(33)57-24-39(53)51-42)12-14-36(25)50-45(55)28-8-4-11-31(19-28)60-32-18-26(2)40-34(21-32)41(35(22-48-40)44(46)54)49-29-9-5-10-30(20-29)56-3/h4-5,8-15,17-22,38,47,52,59H,6-7,16,23-24H2,1-3H3,(H2,46,54)(H,48,49)(H,50,55)(H,51,53)/t38-/m0/s1. The van der Waals surface area contributed by atoms with E-state index in [0.29, 0.717) is 41.4 Å². The van der Waals surface area contributed by atoms with Crippen molar-refractivity contribution in [1.82, 2.24) is 10.3 Å². The molecular formula is C45H44N6O7S2. The molecule has 1 aromatic heterocycles.